The van der Waals surface area contributed by atoms with E-state index in [4.69, 9.17) is 5.73 Å². The van der Waals surface area contributed by atoms with Gasteiger partial charge in [-0.3, -0.25) is 4.90 Å². The van der Waals surface area contributed by atoms with E-state index >= 15 is 0 Å². The Bertz CT molecular complexity index is 596. The monoisotopic (exact) mass is 272 g/mol. The number of piperidine rings is 1. The number of nitrogen functional groups attached to an aromatic ring is 1. The average Bonchev–Trinajstić information content (AvgIpc) is 2.75. The number of rotatable bonds is 3. The van der Waals surface area contributed by atoms with E-state index in [0.29, 0.717) is 6.04 Å². The third-order valence-electron chi connectivity index (χ3n) is 4.42. The minimum Gasteiger partial charge on any atom is -0.399 e. The second kappa shape index (κ2) is 5.44. The van der Waals surface area contributed by atoms with Gasteiger partial charge in [-0.05, 0) is 58.0 Å². The average molecular weight is 272 g/mol. The summed E-state index contributed by atoms with van der Waals surface area (Å²) in [7, 11) is 0. The van der Waals surface area contributed by atoms with Crippen LogP contribution >= 0.6 is 0 Å². The fourth-order valence-corrected chi connectivity index (χ4v) is 3.24. The molecule has 0 spiro atoms. The molecule has 0 amide bonds. The number of anilines is 1. The molecule has 1 aromatic heterocycles. The summed E-state index contributed by atoms with van der Waals surface area (Å²) in [6.45, 7) is 7.89. The van der Waals surface area contributed by atoms with E-state index in [2.05, 4.69) is 34.4 Å². The van der Waals surface area contributed by atoms with Gasteiger partial charge >= 0.3 is 0 Å². The van der Waals surface area contributed by atoms with E-state index in [1.807, 2.05) is 12.1 Å². The smallest absolute Gasteiger partial charge is 0.106 e. The van der Waals surface area contributed by atoms with Gasteiger partial charge in [0.1, 0.15) is 5.82 Å². The SMILES string of the molecule is Cc1nc2cc(N)ccc2n1CC(C)N1CCCCC1. The van der Waals surface area contributed by atoms with E-state index in [1.165, 1.54) is 37.9 Å². The summed E-state index contributed by atoms with van der Waals surface area (Å²) in [4.78, 5) is 7.24. The number of nitrogens with zero attached hydrogens (tertiary/aromatic N) is 3. The second-order valence-electron chi connectivity index (χ2n) is 5.96. The van der Waals surface area contributed by atoms with Gasteiger partial charge in [0, 0.05) is 18.3 Å². The van der Waals surface area contributed by atoms with E-state index in [0.717, 1.165) is 23.6 Å². The topological polar surface area (TPSA) is 47.1 Å². The number of imidazole rings is 1. The number of fused-ring (bicyclic) bond motifs is 1. The minimum absolute atomic E-state index is 0.559. The number of aryl methyl sites for hydroxylation is 1. The Kier molecular flexibility index (Phi) is 3.66. The molecule has 1 aromatic carbocycles. The third-order valence-corrected chi connectivity index (χ3v) is 4.42. The fraction of sp³-hybridized carbons (Fsp3) is 0.562. The quantitative estimate of drug-likeness (QED) is 0.874. The van der Waals surface area contributed by atoms with Gasteiger partial charge in [0.15, 0.2) is 0 Å². The number of hydrogen-bond acceptors (Lipinski definition) is 3. The van der Waals surface area contributed by atoms with Crippen molar-refractivity contribution in [3.05, 3.63) is 24.0 Å². The minimum atomic E-state index is 0.559. The first-order valence-electron chi connectivity index (χ1n) is 7.61. The van der Waals surface area contributed by atoms with Crippen LogP contribution in [0.4, 0.5) is 5.69 Å². The standard InChI is InChI=1S/C16H24N4/c1-12(19-8-4-3-5-9-19)11-20-13(2)18-15-10-14(17)6-7-16(15)20/h6-7,10,12H,3-5,8-9,11,17H2,1-2H3. The lowest BCUT2D eigenvalue weighted by atomic mass is 10.1. The van der Waals surface area contributed by atoms with Gasteiger partial charge in [-0.15, -0.1) is 0 Å². The largest absolute Gasteiger partial charge is 0.399 e. The van der Waals surface area contributed by atoms with Gasteiger partial charge in [-0.1, -0.05) is 6.42 Å². The molecule has 0 aliphatic carbocycles. The van der Waals surface area contributed by atoms with Crippen molar-refractivity contribution in [2.24, 2.45) is 0 Å². The van der Waals surface area contributed by atoms with Crippen LogP contribution in [-0.2, 0) is 6.54 Å². The van der Waals surface area contributed by atoms with Crippen molar-refractivity contribution < 1.29 is 0 Å². The highest BCUT2D eigenvalue weighted by atomic mass is 15.2. The van der Waals surface area contributed by atoms with Crippen LogP contribution in [-0.4, -0.2) is 33.6 Å². The highest BCUT2D eigenvalue weighted by molar-refractivity contribution is 5.79. The van der Waals surface area contributed by atoms with E-state index in [9.17, 15) is 0 Å². The van der Waals surface area contributed by atoms with Crippen LogP contribution in [0.1, 0.15) is 32.0 Å². The van der Waals surface area contributed by atoms with Crippen LogP contribution in [0.3, 0.4) is 0 Å². The molecule has 4 heteroatoms. The summed E-state index contributed by atoms with van der Waals surface area (Å²) in [5.41, 5.74) is 8.83. The van der Waals surface area contributed by atoms with Crippen LogP contribution in [0.2, 0.25) is 0 Å². The molecule has 1 unspecified atom stereocenters. The van der Waals surface area contributed by atoms with Gasteiger partial charge in [0.05, 0.1) is 11.0 Å². The van der Waals surface area contributed by atoms with Crippen molar-refractivity contribution in [2.45, 2.75) is 45.7 Å². The fourth-order valence-electron chi connectivity index (χ4n) is 3.24. The highest BCUT2D eigenvalue weighted by Gasteiger charge is 2.18. The molecule has 2 aromatic rings. The molecule has 108 valence electrons. The molecule has 20 heavy (non-hydrogen) atoms. The Labute approximate surface area is 120 Å². The molecule has 1 aliphatic rings. The third kappa shape index (κ3) is 2.52. The lowest BCUT2D eigenvalue weighted by molar-refractivity contribution is 0.160. The number of likely N-dealkylation sites (tertiary alicyclic amines) is 1. The zero-order valence-electron chi connectivity index (χ0n) is 12.5. The first kappa shape index (κ1) is 13.4. The molecule has 0 radical (unpaired) electrons. The normalized spacial score (nSPS) is 18.5. The Balaban J connectivity index is 1.84. The molecule has 0 bridgehead atoms. The zero-order valence-corrected chi connectivity index (χ0v) is 12.5. The molecule has 1 fully saturated rings. The lowest BCUT2D eigenvalue weighted by Crippen LogP contribution is -2.39. The van der Waals surface area contributed by atoms with E-state index < -0.39 is 0 Å². The Morgan fingerprint density at radius 3 is 2.75 bits per heavy atom. The number of aromatic nitrogens is 2. The molecule has 1 saturated heterocycles. The maximum absolute atomic E-state index is 5.84. The predicted octanol–water partition coefficient (Wildman–Crippen LogP) is 2.80. The summed E-state index contributed by atoms with van der Waals surface area (Å²) in [6.07, 6.45) is 4.06. The number of benzene rings is 1. The molecule has 1 atom stereocenters. The van der Waals surface area contributed by atoms with Crippen molar-refractivity contribution in [2.75, 3.05) is 18.8 Å². The van der Waals surface area contributed by atoms with Crippen LogP contribution in [0.15, 0.2) is 18.2 Å². The van der Waals surface area contributed by atoms with Crippen molar-refractivity contribution in [3.63, 3.8) is 0 Å². The molecular formula is C16H24N4. The molecular weight excluding hydrogens is 248 g/mol. The van der Waals surface area contributed by atoms with Crippen LogP contribution < -0.4 is 5.73 Å². The first-order chi connectivity index (χ1) is 9.65. The zero-order chi connectivity index (χ0) is 14.1. The molecule has 1 aliphatic heterocycles. The lowest BCUT2D eigenvalue weighted by Gasteiger charge is -2.32. The van der Waals surface area contributed by atoms with E-state index in [1.54, 1.807) is 0 Å². The van der Waals surface area contributed by atoms with Crippen molar-refractivity contribution >= 4 is 16.7 Å². The van der Waals surface area contributed by atoms with Crippen molar-refractivity contribution in [3.8, 4) is 0 Å². The summed E-state index contributed by atoms with van der Waals surface area (Å²) in [5.74, 6) is 1.08. The molecule has 2 heterocycles. The molecule has 2 N–H and O–H groups in total. The van der Waals surface area contributed by atoms with E-state index in [-0.39, 0.29) is 0 Å². The van der Waals surface area contributed by atoms with Crippen LogP contribution in [0, 0.1) is 6.92 Å². The van der Waals surface area contributed by atoms with Gasteiger partial charge in [-0.2, -0.15) is 0 Å². The summed E-state index contributed by atoms with van der Waals surface area (Å²) < 4.78 is 2.33. The van der Waals surface area contributed by atoms with Crippen LogP contribution in [0.5, 0.6) is 0 Å². The summed E-state index contributed by atoms with van der Waals surface area (Å²) in [5, 5.41) is 0. The maximum atomic E-state index is 5.84. The van der Waals surface area contributed by atoms with Crippen molar-refractivity contribution in [1.82, 2.24) is 14.5 Å². The maximum Gasteiger partial charge on any atom is 0.106 e. The van der Waals surface area contributed by atoms with Gasteiger partial charge in [0.2, 0.25) is 0 Å². The van der Waals surface area contributed by atoms with Gasteiger partial charge < -0.3 is 10.3 Å². The molecule has 3 rings (SSSR count). The van der Waals surface area contributed by atoms with Gasteiger partial charge in [0.25, 0.3) is 0 Å². The summed E-state index contributed by atoms with van der Waals surface area (Å²) in [6, 6.07) is 6.58. The van der Waals surface area contributed by atoms with Crippen molar-refractivity contribution in [1.29, 1.82) is 0 Å². The molecule has 0 saturated carbocycles. The Morgan fingerprint density at radius 1 is 1.25 bits per heavy atom. The van der Waals surface area contributed by atoms with Gasteiger partial charge in [-0.25, -0.2) is 4.98 Å². The predicted molar refractivity (Wildman–Crippen MR) is 83.8 cm³/mol. The first-order valence-corrected chi connectivity index (χ1v) is 7.61. The Hall–Kier alpha value is -1.55. The second-order valence-corrected chi connectivity index (χ2v) is 5.96. The Morgan fingerprint density at radius 2 is 2.00 bits per heavy atom. The highest BCUT2D eigenvalue weighted by Crippen LogP contribution is 2.21. The number of hydrogen-bond donors (Lipinski definition) is 1. The molecule has 4 nitrogen and oxygen atoms in total. The summed E-state index contributed by atoms with van der Waals surface area (Å²) >= 11 is 0. The number of nitrogens with two attached hydrogens (primary N) is 1. The van der Waals surface area contributed by atoms with Crippen LogP contribution in [0.25, 0.3) is 11.0 Å².